The van der Waals surface area contributed by atoms with Gasteiger partial charge in [0.2, 0.25) is 5.91 Å². The van der Waals surface area contributed by atoms with E-state index in [2.05, 4.69) is 72.6 Å². The molecule has 5 heterocycles. The molecule has 9 nitrogen and oxygen atoms in total. The van der Waals surface area contributed by atoms with Crippen LogP contribution in [-0.2, 0) is 4.79 Å². The van der Waals surface area contributed by atoms with Gasteiger partial charge in [0.15, 0.2) is 10.8 Å². The summed E-state index contributed by atoms with van der Waals surface area (Å²) in [7, 11) is 3.63. The van der Waals surface area contributed by atoms with E-state index in [0.29, 0.717) is 12.5 Å². The third-order valence-electron chi connectivity index (χ3n) is 7.55. The zero-order chi connectivity index (χ0) is 25.9. The van der Waals surface area contributed by atoms with Crippen molar-refractivity contribution in [2.75, 3.05) is 38.6 Å². The fraction of sp³-hybridized carbons (Fsp3) is 0.538. The van der Waals surface area contributed by atoms with E-state index in [0.717, 1.165) is 51.0 Å². The van der Waals surface area contributed by atoms with E-state index < -0.39 is 0 Å². The first kappa shape index (κ1) is 24.7. The summed E-state index contributed by atoms with van der Waals surface area (Å²) in [4.78, 5) is 33.1. The van der Waals surface area contributed by atoms with Crippen LogP contribution in [0.5, 0.6) is 0 Å². The van der Waals surface area contributed by atoms with Crippen molar-refractivity contribution in [3.05, 3.63) is 29.2 Å². The molecule has 1 saturated heterocycles. The molecule has 0 unspecified atom stereocenters. The molecule has 0 bridgehead atoms. The van der Waals surface area contributed by atoms with Crippen molar-refractivity contribution in [2.24, 2.45) is 0 Å². The van der Waals surface area contributed by atoms with Gasteiger partial charge < -0.3 is 14.8 Å². The number of amides is 1. The first-order chi connectivity index (χ1) is 17.1. The molecule has 0 spiro atoms. The molecule has 0 radical (unpaired) electrons. The largest absolute Gasteiger partial charge is 0.348 e. The summed E-state index contributed by atoms with van der Waals surface area (Å²) in [6, 6.07) is 0.542. The van der Waals surface area contributed by atoms with Gasteiger partial charge >= 0.3 is 0 Å². The molecule has 5 rings (SSSR count). The molecular weight excluding hydrogens is 472 g/mol. The van der Waals surface area contributed by atoms with Crippen molar-refractivity contribution in [3.63, 3.8) is 0 Å². The topological polar surface area (TPSA) is 85.7 Å². The van der Waals surface area contributed by atoms with Crippen molar-refractivity contribution < 1.29 is 4.79 Å². The van der Waals surface area contributed by atoms with Crippen molar-refractivity contribution in [1.82, 2.24) is 34.4 Å². The van der Waals surface area contributed by atoms with Crippen LogP contribution in [0.3, 0.4) is 0 Å². The Bertz CT molecular complexity index is 1430. The van der Waals surface area contributed by atoms with Crippen LogP contribution in [0, 0.1) is 13.8 Å². The van der Waals surface area contributed by atoms with E-state index >= 15 is 0 Å². The van der Waals surface area contributed by atoms with Gasteiger partial charge in [0, 0.05) is 56.6 Å². The van der Waals surface area contributed by atoms with Crippen LogP contribution < -0.4 is 4.90 Å². The fourth-order valence-corrected chi connectivity index (χ4v) is 6.32. The van der Waals surface area contributed by atoms with Crippen LogP contribution in [0.25, 0.3) is 27.3 Å². The molecule has 1 amide bonds. The molecular formula is C26H36N8OS. The number of piperazine rings is 1. The Kier molecular flexibility index (Phi) is 6.28. The SMILES string of the molecule is Cc1c(-c2[nH]c3sc(N4C[C@@H](C)N(CC(=O)N(C)C)C[C@@H]4C)nc3c2C(C)C)cn2ncnc2c1C. The lowest BCUT2D eigenvalue weighted by Gasteiger charge is -2.44. The van der Waals surface area contributed by atoms with Gasteiger partial charge in [-0.1, -0.05) is 25.2 Å². The Hall–Kier alpha value is -2.98. The highest BCUT2D eigenvalue weighted by atomic mass is 32.1. The number of pyridine rings is 1. The first-order valence-electron chi connectivity index (χ1n) is 12.6. The smallest absolute Gasteiger partial charge is 0.236 e. The highest BCUT2D eigenvalue weighted by Crippen LogP contribution is 2.41. The second-order valence-corrected chi connectivity index (χ2v) is 11.6. The summed E-state index contributed by atoms with van der Waals surface area (Å²) < 4.78 is 1.86. The number of aryl methyl sites for hydroxylation is 1. The highest BCUT2D eigenvalue weighted by Gasteiger charge is 2.33. The van der Waals surface area contributed by atoms with Gasteiger partial charge in [0.1, 0.15) is 16.7 Å². The maximum absolute atomic E-state index is 12.3. The number of H-pyrrole nitrogens is 1. The van der Waals surface area contributed by atoms with Crippen LogP contribution in [0.4, 0.5) is 5.13 Å². The summed E-state index contributed by atoms with van der Waals surface area (Å²) in [5.74, 6) is 0.453. The van der Waals surface area contributed by atoms with E-state index in [1.807, 2.05) is 18.6 Å². The number of thiazole rings is 1. The summed E-state index contributed by atoms with van der Waals surface area (Å²) in [5.41, 5.74) is 7.80. The molecule has 1 fully saturated rings. The number of carbonyl (C=O) groups is 1. The Morgan fingerprint density at radius 3 is 2.64 bits per heavy atom. The van der Waals surface area contributed by atoms with E-state index in [4.69, 9.17) is 4.98 Å². The standard InChI is InChI=1S/C26H36N8OS/c1-14(2)21-22(19-11-34-24(27-13-28-34)18(6)17(19)5)29-25-23(21)30-26(36-25)33-10-15(3)32(9-16(33)4)12-20(35)31(7)8/h11,13-16,29H,9-10,12H2,1-8H3/t15-,16+/m1/s1. The molecule has 1 N–H and O–H groups in total. The van der Waals surface area contributed by atoms with Crippen LogP contribution in [0.15, 0.2) is 12.5 Å². The minimum atomic E-state index is 0.147. The number of likely N-dealkylation sites (N-methyl/N-ethyl adjacent to an activating group) is 1. The van der Waals surface area contributed by atoms with Gasteiger partial charge in [-0.05, 0) is 44.7 Å². The molecule has 1 aliphatic rings. The summed E-state index contributed by atoms with van der Waals surface area (Å²) in [5, 5.41) is 5.44. The lowest BCUT2D eigenvalue weighted by atomic mass is 9.96. The van der Waals surface area contributed by atoms with E-state index in [9.17, 15) is 4.79 Å². The van der Waals surface area contributed by atoms with Gasteiger partial charge in [-0.3, -0.25) is 9.69 Å². The van der Waals surface area contributed by atoms with Crippen LogP contribution in [-0.4, -0.2) is 86.1 Å². The van der Waals surface area contributed by atoms with Gasteiger partial charge in [-0.15, -0.1) is 0 Å². The van der Waals surface area contributed by atoms with Crippen molar-refractivity contribution in [3.8, 4) is 11.3 Å². The van der Waals surface area contributed by atoms with Crippen molar-refractivity contribution >= 4 is 38.4 Å². The van der Waals surface area contributed by atoms with E-state index in [1.54, 1.807) is 22.6 Å². The number of aromatic nitrogens is 5. The number of fused-ring (bicyclic) bond motifs is 2. The highest BCUT2D eigenvalue weighted by molar-refractivity contribution is 7.21. The van der Waals surface area contributed by atoms with Gasteiger partial charge in [0.25, 0.3) is 0 Å². The number of carbonyl (C=O) groups excluding carboxylic acids is 1. The molecule has 10 heteroatoms. The van der Waals surface area contributed by atoms with E-state index in [-0.39, 0.29) is 18.0 Å². The summed E-state index contributed by atoms with van der Waals surface area (Å²) in [6.07, 6.45) is 3.68. The Morgan fingerprint density at radius 1 is 1.19 bits per heavy atom. The minimum absolute atomic E-state index is 0.147. The van der Waals surface area contributed by atoms with Crippen molar-refractivity contribution in [1.29, 1.82) is 0 Å². The third-order valence-corrected chi connectivity index (χ3v) is 8.56. The number of nitrogens with zero attached hydrogens (tertiary/aromatic N) is 7. The van der Waals surface area contributed by atoms with Gasteiger partial charge in [-0.25, -0.2) is 14.5 Å². The molecule has 0 aliphatic carbocycles. The van der Waals surface area contributed by atoms with Gasteiger partial charge in [0.05, 0.1) is 12.2 Å². The zero-order valence-corrected chi connectivity index (χ0v) is 23.3. The van der Waals surface area contributed by atoms with E-state index in [1.165, 1.54) is 11.1 Å². The molecule has 192 valence electrons. The third kappa shape index (κ3) is 4.06. The second-order valence-electron chi connectivity index (χ2n) is 10.6. The maximum atomic E-state index is 12.3. The number of aromatic amines is 1. The average molecular weight is 509 g/mol. The quantitative estimate of drug-likeness (QED) is 0.438. The number of anilines is 1. The summed E-state index contributed by atoms with van der Waals surface area (Å²) in [6.45, 7) is 15.3. The zero-order valence-electron chi connectivity index (χ0n) is 22.5. The lowest BCUT2D eigenvalue weighted by molar-refractivity contribution is -0.130. The fourth-order valence-electron chi connectivity index (χ4n) is 5.23. The van der Waals surface area contributed by atoms with Crippen molar-refractivity contribution in [2.45, 2.75) is 59.5 Å². The number of rotatable bonds is 5. The number of hydrogen-bond donors (Lipinski definition) is 1. The maximum Gasteiger partial charge on any atom is 0.236 e. The molecule has 1 aliphatic heterocycles. The predicted octanol–water partition coefficient (Wildman–Crippen LogP) is 4.06. The first-order valence-corrected chi connectivity index (χ1v) is 13.4. The summed E-state index contributed by atoms with van der Waals surface area (Å²) >= 11 is 1.72. The molecule has 2 atom stereocenters. The number of hydrogen-bond acceptors (Lipinski definition) is 7. The van der Waals surface area contributed by atoms with Gasteiger partial charge in [-0.2, -0.15) is 5.10 Å². The second kappa shape index (κ2) is 9.15. The molecule has 4 aromatic heterocycles. The Labute approximate surface area is 216 Å². The number of nitrogens with one attached hydrogen (secondary N) is 1. The molecule has 36 heavy (non-hydrogen) atoms. The average Bonchev–Trinajstić information content (AvgIpc) is 3.52. The van der Waals surface area contributed by atoms with Crippen LogP contribution >= 0.6 is 11.3 Å². The lowest BCUT2D eigenvalue weighted by Crippen LogP contribution is -2.58. The molecule has 4 aromatic rings. The molecule has 0 aromatic carbocycles. The monoisotopic (exact) mass is 508 g/mol. The van der Waals surface area contributed by atoms with Crippen LogP contribution in [0.1, 0.15) is 50.3 Å². The minimum Gasteiger partial charge on any atom is -0.348 e. The molecule has 0 saturated carbocycles. The Balaban J connectivity index is 1.50. The Morgan fingerprint density at radius 2 is 1.94 bits per heavy atom. The van der Waals surface area contributed by atoms with Crippen LogP contribution in [0.2, 0.25) is 0 Å². The predicted molar refractivity (Wildman–Crippen MR) is 146 cm³/mol. The normalized spacial score (nSPS) is 19.2.